The fourth-order valence-corrected chi connectivity index (χ4v) is 3.86. The third-order valence-corrected chi connectivity index (χ3v) is 5.76. The van der Waals surface area contributed by atoms with Gasteiger partial charge >= 0.3 is 0 Å². The lowest BCUT2D eigenvalue weighted by Gasteiger charge is -2.39. The zero-order valence-electron chi connectivity index (χ0n) is 16.6. The van der Waals surface area contributed by atoms with E-state index < -0.39 is 0 Å². The number of benzene rings is 1. The van der Waals surface area contributed by atoms with Crippen molar-refractivity contribution in [2.45, 2.75) is 13.0 Å². The molecule has 150 valence electrons. The molecule has 1 atom stereocenters. The molecule has 4 rings (SSSR count). The van der Waals surface area contributed by atoms with E-state index in [4.69, 9.17) is 10.5 Å². The average Bonchev–Trinajstić information content (AvgIpc) is 2.72. The van der Waals surface area contributed by atoms with E-state index >= 15 is 4.39 Å². The Labute approximate surface area is 165 Å². The monoisotopic (exact) mass is 385 g/mol. The van der Waals surface area contributed by atoms with Crippen LogP contribution in [0.3, 0.4) is 0 Å². The largest absolute Gasteiger partial charge is 0.397 e. The van der Waals surface area contributed by atoms with Crippen molar-refractivity contribution in [3.8, 4) is 11.3 Å². The molecule has 3 heterocycles. The topological polar surface area (TPSA) is 57.9 Å². The molecule has 6 nitrogen and oxygen atoms in total. The van der Waals surface area contributed by atoms with Crippen molar-refractivity contribution >= 4 is 17.2 Å². The summed E-state index contributed by atoms with van der Waals surface area (Å²) in [5.41, 5.74) is 8.75. The van der Waals surface area contributed by atoms with E-state index in [9.17, 15) is 0 Å². The Kier molecular flexibility index (Phi) is 5.37. The number of pyridine rings is 1. The van der Waals surface area contributed by atoms with Crippen LogP contribution >= 0.6 is 0 Å². The van der Waals surface area contributed by atoms with E-state index in [1.807, 2.05) is 18.2 Å². The van der Waals surface area contributed by atoms with Gasteiger partial charge in [0.2, 0.25) is 0 Å². The predicted molar refractivity (Wildman–Crippen MR) is 111 cm³/mol. The summed E-state index contributed by atoms with van der Waals surface area (Å²) in [5.74, 6) is 0.554. The minimum absolute atomic E-state index is 0.289. The smallest absolute Gasteiger partial charge is 0.134 e. The summed E-state index contributed by atoms with van der Waals surface area (Å²) in [4.78, 5) is 11.3. The number of piperazine rings is 1. The average molecular weight is 385 g/mol. The summed E-state index contributed by atoms with van der Waals surface area (Å²) in [6, 6.07) is 9.39. The van der Waals surface area contributed by atoms with E-state index in [0.29, 0.717) is 36.2 Å². The Morgan fingerprint density at radius 1 is 1.11 bits per heavy atom. The van der Waals surface area contributed by atoms with Gasteiger partial charge in [0.15, 0.2) is 0 Å². The van der Waals surface area contributed by atoms with Crippen LogP contribution in [-0.2, 0) is 4.74 Å². The molecule has 0 spiro atoms. The van der Waals surface area contributed by atoms with Crippen molar-refractivity contribution in [2.75, 3.05) is 68.5 Å². The van der Waals surface area contributed by atoms with Crippen molar-refractivity contribution < 1.29 is 9.13 Å². The van der Waals surface area contributed by atoms with Crippen LogP contribution in [0.5, 0.6) is 0 Å². The van der Waals surface area contributed by atoms with Gasteiger partial charge in [0, 0.05) is 44.3 Å². The third-order valence-electron chi connectivity index (χ3n) is 5.76. The second-order valence-corrected chi connectivity index (χ2v) is 7.65. The molecule has 2 aliphatic heterocycles. The number of ether oxygens (including phenoxy) is 1. The summed E-state index contributed by atoms with van der Waals surface area (Å²) in [7, 11) is 2.11. The lowest BCUT2D eigenvalue weighted by molar-refractivity contribution is 0.122. The van der Waals surface area contributed by atoms with Gasteiger partial charge in [-0.05, 0) is 38.2 Å². The fraction of sp³-hybridized carbons (Fsp3) is 0.476. The van der Waals surface area contributed by atoms with Crippen LogP contribution in [-0.4, -0.2) is 68.9 Å². The minimum atomic E-state index is -0.289. The second kappa shape index (κ2) is 7.93. The predicted octanol–water partition coefficient (Wildman–Crippen LogP) is 2.45. The summed E-state index contributed by atoms with van der Waals surface area (Å²) in [5, 5.41) is 0. The number of hydrogen-bond donors (Lipinski definition) is 1. The summed E-state index contributed by atoms with van der Waals surface area (Å²) in [6.45, 7) is 7.75. The molecule has 0 radical (unpaired) electrons. The van der Waals surface area contributed by atoms with Gasteiger partial charge in [-0.15, -0.1) is 0 Å². The van der Waals surface area contributed by atoms with Gasteiger partial charge in [-0.2, -0.15) is 0 Å². The van der Waals surface area contributed by atoms with Gasteiger partial charge < -0.3 is 25.2 Å². The summed E-state index contributed by atoms with van der Waals surface area (Å²) in [6.07, 6.45) is 0. The maximum Gasteiger partial charge on any atom is 0.134 e. The Morgan fingerprint density at radius 2 is 1.89 bits per heavy atom. The highest BCUT2D eigenvalue weighted by Gasteiger charge is 2.24. The standard InChI is InChI=1S/C21H28FN5O/c1-15-14-27(7-6-25(15)2)20-13-17(22)16(12-18(20)23)19-4-3-5-21(24-19)26-8-10-28-11-9-26/h3-5,12-13,15H,6-11,14,23H2,1-2H3. The fourth-order valence-electron chi connectivity index (χ4n) is 3.86. The maximum absolute atomic E-state index is 15.1. The molecule has 1 unspecified atom stereocenters. The molecular formula is C21H28FN5O. The Bertz CT molecular complexity index is 840. The summed E-state index contributed by atoms with van der Waals surface area (Å²) >= 11 is 0. The van der Waals surface area contributed by atoms with Crippen molar-refractivity contribution in [1.29, 1.82) is 0 Å². The normalized spacial score (nSPS) is 21.2. The molecule has 1 aromatic heterocycles. The summed E-state index contributed by atoms with van der Waals surface area (Å²) < 4.78 is 20.5. The van der Waals surface area contributed by atoms with E-state index in [1.54, 1.807) is 12.1 Å². The van der Waals surface area contributed by atoms with E-state index in [1.165, 1.54) is 0 Å². The third kappa shape index (κ3) is 3.77. The van der Waals surface area contributed by atoms with Gasteiger partial charge in [0.1, 0.15) is 11.6 Å². The highest BCUT2D eigenvalue weighted by molar-refractivity contribution is 5.76. The van der Waals surface area contributed by atoms with Crippen molar-refractivity contribution in [2.24, 2.45) is 0 Å². The Morgan fingerprint density at radius 3 is 2.64 bits per heavy atom. The van der Waals surface area contributed by atoms with Gasteiger partial charge in [0.25, 0.3) is 0 Å². The number of hydrogen-bond acceptors (Lipinski definition) is 6. The SMILES string of the molecule is CC1CN(c2cc(F)c(-c3cccc(N4CCOCC4)n3)cc2N)CCN1C. The molecule has 1 aromatic carbocycles. The van der Waals surface area contributed by atoms with Crippen molar-refractivity contribution in [3.63, 3.8) is 0 Å². The van der Waals surface area contributed by atoms with Crippen LogP contribution in [0, 0.1) is 5.82 Å². The van der Waals surface area contributed by atoms with Gasteiger partial charge in [-0.25, -0.2) is 9.37 Å². The highest BCUT2D eigenvalue weighted by Crippen LogP contribution is 2.33. The molecule has 0 saturated carbocycles. The van der Waals surface area contributed by atoms with Crippen LogP contribution < -0.4 is 15.5 Å². The molecule has 2 saturated heterocycles. The number of anilines is 3. The van der Waals surface area contributed by atoms with Crippen molar-refractivity contribution in [1.82, 2.24) is 9.88 Å². The Hall–Kier alpha value is -2.38. The van der Waals surface area contributed by atoms with E-state index in [2.05, 4.69) is 33.7 Å². The molecule has 2 aliphatic rings. The molecule has 28 heavy (non-hydrogen) atoms. The minimum Gasteiger partial charge on any atom is -0.397 e. The highest BCUT2D eigenvalue weighted by atomic mass is 19.1. The number of likely N-dealkylation sites (N-methyl/N-ethyl adjacent to an activating group) is 1. The zero-order valence-corrected chi connectivity index (χ0v) is 16.6. The number of nitrogens with zero attached hydrogens (tertiary/aromatic N) is 4. The first-order valence-corrected chi connectivity index (χ1v) is 9.87. The number of nitrogens with two attached hydrogens (primary N) is 1. The van der Waals surface area contributed by atoms with Gasteiger partial charge in [-0.3, -0.25) is 0 Å². The molecule has 0 amide bonds. The van der Waals surface area contributed by atoms with Crippen LogP contribution in [0.15, 0.2) is 30.3 Å². The molecule has 2 fully saturated rings. The van der Waals surface area contributed by atoms with Crippen molar-refractivity contribution in [3.05, 3.63) is 36.1 Å². The van der Waals surface area contributed by atoms with Gasteiger partial charge in [0.05, 0.1) is 30.3 Å². The second-order valence-electron chi connectivity index (χ2n) is 7.65. The first-order valence-electron chi connectivity index (χ1n) is 9.87. The van der Waals surface area contributed by atoms with E-state index in [0.717, 1.165) is 44.2 Å². The lowest BCUT2D eigenvalue weighted by atomic mass is 10.1. The first kappa shape index (κ1) is 19.0. The number of morpholine rings is 1. The van der Waals surface area contributed by atoms with Crippen LogP contribution in [0.1, 0.15) is 6.92 Å². The van der Waals surface area contributed by atoms with E-state index in [-0.39, 0.29) is 5.82 Å². The molecule has 2 N–H and O–H groups in total. The molecule has 2 aromatic rings. The number of rotatable bonds is 3. The molecule has 0 aliphatic carbocycles. The van der Waals surface area contributed by atoms with Gasteiger partial charge in [-0.1, -0.05) is 6.07 Å². The van der Waals surface area contributed by atoms with Crippen LogP contribution in [0.4, 0.5) is 21.6 Å². The molecule has 0 bridgehead atoms. The lowest BCUT2D eigenvalue weighted by Crippen LogP contribution is -2.50. The number of aromatic nitrogens is 1. The molecular weight excluding hydrogens is 357 g/mol. The maximum atomic E-state index is 15.1. The quantitative estimate of drug-likeness (QED) is 0.819. The van der Waals surface area contributed by atoms with Crippen LogP contribution in [0.25, 0.3) is 11.3 Å². The first-order chi connectivity index (χ1) is 13.5. The molecule has 7 heteroatoms. The Balaban J connectivity index is 1.62. The number of halogens is 1. The number of nitrogen functional groups attached to an aromatic ring is 1. The zero-order chi connectivity index (χ0) is 19.7. The van der Waals surface area contributed by atoms with Crippen LogP contribution in [0.2, 0.25) is 0 Å².